The molecule has 1 atom stereocenters. The summed E-state index contributed by atoms with van der Waals surface area (Å²) in [7, 11) is 0. The molecule has 3 aliphatic heterocycles. The average Bonchev–Trinajstić information content (AvgIpc) is 3.79. The number of amides is 1. The van der Waals surface area contributed by atoms with E-state index in [4.69, 9.17) is 0 Å². The van der Waals surface area contributed by atoms with Crippen LogP contribution in [0.2, 0.25) is 0 Å². The van der Waals surface area contributed by atoms with Crippen molar-refractivity contribution in [3.8, 4) is 11.3 Å². The van der Waals surface area contributed by atoms with E-state index in [1.165, 1.54) is 68.7 Å². The predicted molar refractivity (Wildman–Crippen MR) is 187 cm³/mol. The number of carbonyl (C=O) groups is 1. The van der Waals surface area contributed by atoms with E-state index in [1.54, 1.807) is 11.3 Å². The number of nitrogens with zero attached hydrogens (tertiary/aromatic N) is 4. The molecule has 1 unspecified atom stereocenters. The van der Waals surface area contributed by atoms with Gasteiger partial charge in [-0.1, -0.05) is 31.0 Å². The minimum atomic E-state index is -0.529. The summed E-state index contributed by atoms with van der Waals surface area (Å²) in [6.45, 7) is 21.5. The maximum Gasteiger partial charge on any atom is 0.233 e. The van der Waals surface area contributed by atoms with E-state index < -0.39 is 5.41 Å². The summed E-state index contributed by atoms with van der Waals surface area (Å²) in [5.74, 6) is 0.313. The number of β-amino-alcohol motifs (C(OH)–C–C–N with tert-alkyl or cyclic N) is 1. The Morgan fingerprint density at radius 3 is 2.18 bits per heavy atom. The molecule has 246 valence electrons. The van der Waals surface area contributed by atoms with Gasteiger partial charge in [0.05, 0.1) is 17.2 Å². The number of hydrogen-bond acceptors (Lipinski definition) is 6. The number of hydrogen-bond donors (Lipinski definition) is 2. The molecule has 3 aromatic rings. The molecule has 3 fully saturated rings. The number of fused-ring (bicyclic) bond motifs is 3. The number of piperazine rings is 1. The second-order valence-corrected chi connectivity index (χ2v) is 15.6. The number of likely N-dealkylation sites (N-methyl/N-ethyl adjacent to an activating group) is 1. The topological polar surface area (TPSA) is 66.0 Å². The summed E-state index contributed by atoms with van der Waals surface area (Å²) >= 11 is 1.78. The number of benzene rings is 1. The minimum absolute atomic E-state index is 0.297. The number of aromatic amines is 1. The van der Waals surface area contributed by atoms with Crippen molar-refractivity contribution >= 4 is 27.5 Å². The molecule has 1 amide bonds. The highest BCUT2D eigenvalue weighted by Gasteiger charge is 2.47. The van der Waals surface area contributed by atoms with Gasteiger partial charge < -0.3 is 24.8 Å². The molecule has 2 N–H and O–H groups in total. The largest absolute Gasteiger partial charge is 0.390 e. The molecule has 2 aromatic heterocycles. The Kier molecular flexibility index (Phi) is 9.80. The first-order valence-corrected chi connectivity index (χ1v) is 18.3. The monoisotopic (exact) mass is 633 g/mol. The number of aliphatic hydroxyl groups excluding tert-OH is 1. The molecule has 0 spiro atoms. The van der Waals surface area contributed by atoms with E-state index >= 15 is 0 Å². The van der Waals surface area contributed by atoms with Crippen molar-refractivity contribution in [2.45, 2.75) is 97.2 Å². The molecule has 0 aliphatic carbocycles. The molecule has 3 aliphatic rings. The zero-order chi connectivity index (χ0) is 31.9. The quantitative estimate of drug-likeness (QED) is 0.264. The van der Waals surface area contributed by atoms with E-state index in [0.717, 1.165) is 65.3 Å². The Hall–Kier alpha value is -2.23. The third kappa shape index (κ3) is 6.77. The average molecular weight is 634 g/mol. The first-order chi connectivity index (χ1) is 21.6. The third-order valence-electron chi connectivity index (χ3n) is 10.9. The van der Waals surface area contributed by atoms with Crippen molar-refractivity contribution in [1.82, 2.24) is 24.6 Å². The zero-order valence-electron chi connectivity index (χ0n) is 28.5. The van der Waals surface area contributed by atoms with Crippen LogP contribution in [0.3, 0.4) is 0 Å². The van der Waals surface area contributed by atoms with Gasteiger partial charge in [-0.15, -0.1) is 11.3 Å². The summed E-state index contributed by atoms with van der Waals surface area (Å²) in [5, 5.41) is 12.0. The molecule has 0 saturated carbocycles. The number of nitrogens with one attached hydrogen (secondary N) is 1. The number of thiophene rings is 1. The van der Waals surface area contributed by atoms with Crippen molar-refractivity contribution in [1.29, 1.82) is 0 Å². The number of carbonyl (C=O) groups excluding carboxylic acids is 1. The Balaban J connectivity index is 1.19. The number of rotatable bonds is 12. The Morgan fingerprint density at radius 2 is 1.58 bits per heavy atom. The summed E-state index contributed by atoms with van der Waals surface area (Å²) < 4.78 is 0. The lowest BCUT2D eigenvalue weighted by Gasteiger charge is -2.36. The fourth-order valence-corrected chi connectivity index (χ4v) is 9.42. The lowest BCUT2D eigenvalue weighted by molar-refractivity contribution is -0.137. The Bertz CT molecular complexity index is 1440. The molecule has 5 heterocycles. The molecule has 7 nitrogen and oxygen atoms in total. The van der Waals surface area contributed by atoms with Gasteiger partial charge >= 0.3 is 0 Å². The van der Waals surface area contributed by atoms with Crippen LogP contribution in [0.5, 0.6) is 0 Å². The van der Waals surface area contributed by atoms with Crippen LogP contribution in [-0.2, 0) is 16.6 Å². The highest BCUT2D eigenvalue weighted by Crippen LogP contribution is 2.44. The normalized spacial score (nSPS) is 21.9. The van der Waals surface area contributed by atoms with Gasteiger partial charge in [0.25, 0.3) is 0 Å². The lowest BCUT2D eigenvalue weighted by Crippen LogP contribution is -2.50. The number of aromatic nitrogens is 1. The number of aryl methyl sites for hydroxylation is 2. The lowest BCUT2D eigenvalue weighted by atomic mass is 9.88. The smallest absolute Gasteiger partial charge is 0.233 e. The first kappa shape index (κ1) is 32.7. The zero-order valence-corrected chi connectivity index (χ0v) is 29.3. The first-order valence-electron chi connectivity index (χ1n) is 17.5. The van der Waals surface area contributed by atoms with Gasteiger partial charge in [-0.05, 0) is 102 Å². The standard InChI is InChI=1S/C37H55N5O2S/c1-7-39(8-2)23-30(43)24-41-17-15-40(16-18-41)14-13-31-32-22-33(37(5,6)36(44)42-28-9-10-29(42)12-11-28)45-35(32)38-34(31)27-20-25(3)19-26(4)21-27/h19-22,28-30,38,43H,7-18,23-24H2,1-6H3. The van der Waals surface area contributed by atoms with Crippen molar-refractivity contribution in [3.63, 3.8) is 0 Å². The van der Waals surface area contributed by atoms with Crippen LogP contribution in [0, 0.1) is 13.8 Å². The maximum atomic E-state index is 14.0. The van der Waals surface area contributed by atoms with Crippen LogP contribution in [0.25, 0.3) is 21.5 Å². The molecule has 0 radical (unpaired) electrons. The van der Waals surface area contributed by atoms with Gasteiger partial charge in [-0.3, -0.25) is 9.69 Å². The molecular weight excluding hydrogens is 579 g/mol. The van der Waals surface area contributed by atoms with E-state index in [9.17, 15) is 9.90 Å². The highest BCUT2D eigenvalue weighted by molar-refractivity contribution is 7.19. The highest BCUT2D eigenvalue weighted by atomic mass is 32.1. The fourth-order valence-electron chi connectivity index (χ4n) is 8.24. The summed E-state index contributed by atoms with van der Waals surface area (Å²) in [4.78, 5) is 29.7. The van der Waals surface area contributed by atoms with Crippen LogP contribution >= 0.6 is 11.3 Å². The van der Waals surface area contributed by atoms with Crippen LogP contribution < -0.4 is 0 Å². The van der Waals surface area contributed by atoms with E-state index in [-0.39, 0.29) is 6.10 Å². The molecule has 8 heteroatoms. The summed E-state index contributed by atoms with van der Waals surface area (Å²) in [6.07, 6.45) is 5.36. The molecule has 1 aromatic carbocycles. The summed E-state index contributed by atoms with van der Waals surface area (Å²) in [6, 6.07) is 10.1. The van der Waals surface area contributed by atoms with Crippen molar-refractivity contribution in [2.24, 2.45) is 0 Å². The van der Waals surface area contributed by atoms with Crippen LogP contribution in [-0.4, -0.2) is 113 Å². The second-order valence-electron chi connectivity index (χ2n) is 14.5. The van der Waals surface area contributed by atoms with Gasteiger partial charge in [0.2, 0.25) is 5.91 Å². The predicted octanol–water partition coefficient (Wildman–Crippen LogP) is 5.81. The minimum Gasteiger partial charge on any atom is -0.390 e. The fraction of sp³-hybridized carbons (Fsp3) is 0.649. The maximum absolute atomic E-state index is 14.0. The molecular formula is C37H55N5O2S. The van der Waals surface area contributed by atoms with Gasteiger partial charge in [0.1, 0.15) is 4.83 Å². The number of H-pyrrole nitrogens is 1. The molecule has 3 saturated heterocycles. The molecule has 45 heavy (non-hydrogen) atoms. The number of aliphatic hydroxyl groups is 1. The van der Waals surface area contributed by atoms with Gasteiger partial charge in [-0.25, -0.2) is 0 Å². The van der Waals surface area contributed by atoms with Gasteiger partial charge in [0.15, 0.2) is 0 Å². The van der Waals surface area contributed by atoms with Crippen LogP contribution in [0.1, 0.15) is 74.9 Å². The van der Waals surface area contributed by atoms with Gasteiger partial charge in [-0.2, -0.15) is 0 Å². The van der Waals surface area contributed by atoms with Crippen molar-refractivity contribution in [2.75, 3.05) is 58.9 Å². The van der Waals surface area contributed by atoms with E-state index in [0.29, 0.717) is 18.0 Å². The second kappa shape index (κ2) is 13.5. The Labute approximate surface area is 274 Å². The van der Waals surface area contributed by atoms with Crippen molar-refractivity contribution < 1.29 is 9.90 Å². The third-order valence-corrected chi connectivity index (χ3v) is 12.3. The van der Waals surface area contributed by atoms with Crippen molar-refractivity contribution in [3.05, 3.63) is 45.8 Å². The van der Waals surface area contributed by atoms with Crippen LogP contribution in [0.4, 0.5) is 0 Å². The van der Waals surface area contributed by atoms with E-state index in [1.807, 2.05) is 0 Å². The molecule has 2 bridgehead atoms. The van der Waals surface area contributed by atoms with E-state index in [2.05, 4.69) is 90.4 Å². The SMILES string of the molecule is CCN(CC)CC(O)CN1CCN(CCc2c(-c3cc(C)cc(C)c3)[nH]c3sc(C(C)(C)C(=O)N4C5CCC4CC5)cc23)CC1. The molecule has 6 rings (SSSR count). The van der Waals surface area contributed by atoms with Gasteiger partial charge in [0, 0.05) is 68.2 Å². The van der Waals surface area contributed by atoms with Crippen LogP contribution in [0.15, 0.2) is 24.3 Å². The Morgan fingerprint density at radius 1 is 0.978 bits per heavy atom. The summed E-state index contributed by atoms with van der Waals surface area (Å²) in [5.41, 5.74) is 5.89.